The molecule has 1 heterocycles. The second-order valence-corrected chi connectivity index (χ2v) is 3.86. The molecule has 0 aliphatic rings. The first kappa shape index (κ1) is 15.6. The van der Waals surface area contributed by atoms with E-state index >= 15 is 0 Å². The molecule has 0 unspecified atom stereocenters. The topological polar surface area (TPSA) is 130 Å². The van der Waals surface area contributed by atoms with Crippen molar-refractivity contribution in [2.75, 3.05) is 37.1 Å². The van der Waals surface area contributed by atoms with E-state index in [9.17, 15) is 10.1 Å². The van der Waals surface area contributed by atoms with Gasteiger partial charge in [-0.15, -0.1) is 0 Å². The number of aromatic nitrogens is 1. The van der Waals surface area contributed by atoms with E-state index in [-0.39, 0.29) is 17.9 Å². The fraction of sp³-hybridized carbons (Fsp3) is 0.455. The Morgan fingerprint density at radius 3 is 2.90 bits per heavy atom. The first-order valence-electron chi connectivity index (χ1n) is 5.86. The van der Waals surface area contributed by atoms with Crippen molar-refractivity contribution in [2.45, 2.75) is 6.42 Å². The van der Waals surface area contributed by atoms with Gasteiger partial charge >= 0.3 is 0 Å². The van der Waals surface area contributed by atoms with Gasteiger partial charge in [0, 0.05) is 20.2 Å². The number of nitrogens with zero attached hydrogens (tertiary/aromatic N) is 4. The van der Waals surface area contributed by atoms with Crippen LogP contribution in [0.1, 0.15) is 6.42 Å². The van der Waals surface area contributed by atoms with Crippen LogP contribution in [0.4, 0.5) is 17.3 Å². The predicted octanol–water partition coefficient (Wildman–Crippen LogP) is 0.642. The molecule has 9 heteroatoms. The summed E-state index contributed by atoms with van der Waals surface area (Å²) in [5.74, 6) is 5.82. The number of nitro groups is 1. The summed E-state index contributed by atoms with van der Waals surface area (Å²) in [4.78, 5) is 16.3. The third-order valence-electron chi connectivity index (χ3n) is 2.54. The molecule has 108 valence electrons. The van der Waals surface area contributed by atoms with Crippen LogP contribution in [-0.2, 0) is 4.74 Å². The summed E-state index contributed by atoms with van der Waals surface area (Å²) in [5, 5.41) is 19.5. The van der Waals surface area contributed by atoms with Gasteiger partial charge in [0.25, 0.3) is 5.69 Å². The molecule has 0 saturated heterocycles. The van der Waals surface area contributed by atoms with Crippen LogP contribution in [0.3, 0.4) is 0 Å². The molecule has 0 amide bonds. The molecular formula is C11H16N6O3. The standard InChI is InChI=1S/C11H16N6O3/c1-20-6-5-16(4-2-3-12)11-8-9(17(18)19)7-10(14-11)15-13/h7-8H,2,4-6,13H2,1H3,(H,14,15). The Morgan fingerprint density at radius 2 is 2.35 bits per heavy atom. The van der Waals surface area contributed by atoms with Gasteiger partial charge in [-0.05, 0) is 0 Å². The molecule has 0 atom stereocenters. The summed E-state index contributed by atoms with van der Waals surface area (Å²) in [6.07, 6.45) is 0.277. The number of pyridine rings is 1. The van der Waals surface area contributed by atoms with Crippen LogP contribution in [0.5, 0.6) is 0 Å². The summed E-state index contributed by atoms with van der Waals surface area (Å²) in [7, 11) is 1.55. The predicted molar refractivity (Wildman–Crippen MR) is 73.0 cm³/mol. The van der Waals surface area contributed by atoms with Gasteiger partial charge < -0.3 is 15.1 Å². The normalized spacial score (nSPS) is 9.85. The van der Waals surface area contributed by atoms with Crippen molar-refractivity contribution in [3.63, 3.8) is 0 Å². The summed E-state index contributed by atoms with van der Waals surface area (Å²) in [5.41, 5.74) is 2.17. The SMILES string of the molecule is COCCN(CCC#N)c1cc([N+](=O)[O-])cc(NN)n1. The van der Waals surface area contributed by atoms with E-state index in [0.29, 0.717) is 25.5 Å². The zero-order valence-corrected chi connectivity index (χ0v) is 11.1. The number of nitrogens with two attached hydrogens (primary N) is 1. The van der Waals surface area contributed by atoms with Gasteiger partial charge in [-0.25, -0.2) is 10.8 Å². The number of anilines is 2. The molecule has 0 aliphatic carbocycles. The Hall–Kier alpha value is -2.44. The molecule has 9 nitrogen and oxygen atoms in total. The number of nitriles is 1. The Kier molecular flexibility index (Phi) is 6.15. The highest BCUT2D eigenvalue weighted by Gasteiger charge is 2.15. The highest BCUT2D eigenvalue weighted by Crippen LogP contribution is 2.23. The zero-order chi connectivity index (χ0) is 15.0. The van der Waals surface area contributed by atoms with Crippen LogP contribution in [0.2, 0.25) is 0 Å². The fourth-order valence-corrected chi connectivity index (χ4v) is 1.57. The number of nitrogen functional groups attached to an aromatic ring is 1. The molecule has 1 aromatic rings. The minimum Gasteiger partial charge on any atom is -0.383 e. The van der Waals surface area contributed by atoms with Crippen molar-refractivity contribution in [3.8, 4) is 6.07 Å². The highest BCUT2D eigenvalue weighted by molar-refractivity contribution is 5.55. The van der Waals surface area contributed by atoms with E-state index in [1.807, 2.05) is 6.07 Å². The van der Waals surface area contributed by atoms with Gasteiger partial charge in [-0.1, -0.05) is 0 Å². The van der Waals surface area contributed by atoms with Crippen LogP contribution in [0, 0.1) is 21.4 Å². The minimum absolute atomic E-state index is 0.123. The smallest absolute Gasteiger partial charge is 0.276 e. The third kappa shape index (κ3) is 4.34. The van der Waals surface area contributed by atoms with Gasteiger partial charge in [0.15, 0.2) is 0 Å². The summed E-state index contributed by atoms with van der Waals surface area (Å²) >= 11 is 0. The molecule has 0 fully saturated rings. The van der Waals surface area contributed by atoms with Gasteiger partial charge in [0.2, 0.25) is 0 Å². The lowest BCUT2D eigenvalue weighted by molar-refractivity contribution is -0.384. The van der Waals surface area contributed by atoms with Gasteiger partial charge in [0.05, 0.1) is 36.2 Å². The van der Waals surface area contributed by atoms with E-state index < -0.39 is 4.92 Å². The van der Waals surface area contributed by atoms with Crippen molar-refractivity contribution < 1.29 is 9.66 Å². The molecule has 0 spiro atoms. The molecule has 1 rings (SSSR count). The van der Waals surface area contributed by atoms with Gasteiger partial charge in [0.1, 0.15) is 11.6 Å². The van der Waals surface area contributed by atoms with Crippen LogP contribution >= 0.6 is 0 Å². The maximum atomic E-state index is 10.9. The molecule has 0 aliphatic heterocycles. The highest BCUT2D eigenvalue weighted by atomic mass is 16.6. The monoisotopic (exact) mass is 280 g/mol. The maximum absolute atomic E-state index is 10.9. The van der Waals surface area contributed by atoms with E-state index in [1.54, 1.807) is 12.0 Å². The van der Waals surface area contributed by atoms with Crippen molar-refractivity contribution >= 4 is 17.3 Å². The number of methoxy groups -OCH3 is 1. The number of hydrogen-bond acceptors (Lipinski definition) is 8. The first-order valence-corrected chi connectivity index (χ1v) is 5.86. The van der Waals surface area contributed by atoms with Crippen molar-refractivity contribution in [1.29, 1.82) is 5.26 Å². The third-order valence-corrected chi connectivity index (χ3v) is 2.54. The molecule has 0 bridgehead atoms. The lowest BCUT2D eigenvalue weighted by Crippen LogP contribution is -2.29. The minimum atomic E-state index is -0.523. The Labute approximate surface area is 116 Å². The number of hydrazine groups is 1. The average molecular weight is 280 g/mol. The number of ether oxygens (including phenoxy) is 1. The van der Waals surface area contributed by atoms with Crippen molar-refractivity contribution in [2.24, 2.45) is 5.84 Å². The number of nitrogens with one attached hydrogen (secondary N) is 1. The Balaban J connectivity index is 3.06. The molecule has 0 aromatic carbocycles. The quantitative estimate of drug-likeness (QED) is 0.403. The number of hydrogen-bond donors (Lipinski definition) is 2. The van der Waals surface area contributed by atoms with E-state index in [2.05, 4.69) is 10.4 Å². The number of rotatable bonds is 8. The average Bonchev–Trinajstić information content (AvgIpc) is 2.46. The van der Waals surface area contributed by atoms with E-state index in [1.165, 1.54) is 12.1 Å². The molecule has 1 aromatic heterocycles. The van der Waals surface area contributed by atoms with Crippen molar-refractivity contribution in [1.82, 2.24) is 4.98 Å². The van der Waals surface area contributed by atoms with Gasteiger partial charge in [-0.2, -0.15) is 5.26 Å². The lowest BCUT2D eigenvalue weighted by atomic mass is 10.3. The van der Waals surface area contributed by atoms with Crippen LogP contribution < -0.4 is 16.2 Å². The maximum Gasteiger partial charge on any atom is 0.276 e. The van der Waals surface area contributed by atoms with Crippen molar-refractivity contribution in [3.05, 3.63) is 22.2 Å². The van der Waals surface area contributed by atoms with E-state index in [4.69, 9.17) is 15.8 Å². The fourth-order valence-electron chi connectivity index (χ4n) is 1.57. The summed E-state index contributed by atoms with van der Waals surface area (Å²) in [6, 6.07) is 4.61. The first-order chi connectivity index (χ1) is 9.62. The van der Waals surface area contributed by atoms with Crippen LogP contribution in [0.25, 0.3) is 0 Å². The largest absolute Gasteiger partial charge is 0.383 e. The van der Waals surface area contributed by atoms with Crippen LogP contribution in [-0.4, -0.2) is 36.7 Å². The van der Waals surface area contributed by atoms with E-state index in [0.717, 1.165) is 0 Å². The molecular weight excluding hydrogens is 264 g/mol. The molecule has 20 heavy (non-hydrogen) atoms. The Bertz CT molecular complexity index is 501. The van der Waals surface area contributed by atoms with Gasteiger partial charge in [-0.3, -0.25) is 10.1 Å². The Morgan fingerprint density at radius 1 is 1.60 bits per heavy atom. The summed E-state index contributed by atoms with van der Waals surface area (Å²) < 4.78 is 4.98. The summed E-state index contributed by atoms with van der Waals surface area (Å²) in [6.45, 7) is 1.29. The van der Waals surface area contributed by atoms with Crippen LogP contribution in [0.15, 0.2) is 12.1 Å². The zero-order valence-electron chi connectivity index (χ0n) is 11.1. The molecule has 0 radical (unpaired) electrons. The molecule has 0 saturated carbocycles. The second-order valence-electron chi connectivity index (χ2n) is 3.86. The second kappa shape index (κ2) is 7.88. The lowest BCUT2D eigenvalue weighted by Gasteiger charge is -2.22. The molecule has 3 N–H and O–H groups in total.